The molecule has 0 radical (unpaired) electrons. The summed E-state index contributed by atoms with van der Waals surface area (Å²) in [5.41, 5.74) is -0.762. The molecule has 1 aliphatic carbocycles. The lowest BCUT2D eigenvalue weighted by atomic mass is 9.87. The van der Waals surface area contributed by atoms with Crippen LogP contribution in [0.1, 0.15) is 18.9 Å². The maximum Gasteiger partial charge on any atom is 0.416 e. The minimum Gasteiger partial charge on any atom is -0.385 e. The molecule has 1 fully saturated rings. The summed E-state index contributed by atoms with van der Waals surface area (Å²) in [4.78, 5) is 16.5. The Morgan fingerprint density at radius 2 is 2.14 bits per heavy atom. The normalized spacial score (nSPS) is 26.3. The summed E-state index contributed by atoms with van der Waals surface area (Å²) >= 11 is 1.36. The zero-order valence-electron chi connectivity index (χ0n) is 16.6. The minimum atomic E-state index is -1.18. The maximum absolute atomic E-state index is 14.4. The van der Waals surface area contributed by atoms with E-state index in [4.69, 9.17) is 9.47 Å². The number of amides is 1. The molecule has 28 heavy (non-hydrogen) atoms. The van der Waals surface area contributed by atoms with Gasteiger partial charge in [0.05, 0.1) is 5.54 Å². The number of carbonyl (C=O) groups is 1. The van der Waals surface area contributed by atoms with Crippen molar-refractivity contribution in [2.75, 3.05) is 13.3 Å². The van der Waals surface area contributed by atoms with Crippen molar-refractivity contribution in [1.29, 1.82) is 0 Å². The molecule has 0 bridgehead atoms. The average molecular weight is 429 g/mol. The van der Waals surface area contributed by atoms with Gasteiger partial charge in [0.25, 0.3) is 5.23 Å². The molecular weight excluding hydrogens is 402 g/mol. The highest BCUT2D eigenvalue weighted by atomic mass is 32.2. The second kappa shape index (κ2) is 8.12. The van der Waals surface area contributed by atoms with Crippen LogP contribution in [0.2, 0.25) is 25.7 Å². The Kier molecular flexibility index (Phi) is 6.16. The SMILES string of the molecule is C[C@]1(c2cccc(F)c2F)N=C(OC(=O)NCOCC[Si](C)(C)C)S[C@H]2C[C@H]21. The number of hydrogen-bond donors (Lipinski definition) is 1. The zero-order chi connectivity index (χ0) is 20.5. The molecule has 0 spiro atoms. The van der Waals surface area contributed by atoms with E-state index in [0.29, 0.717) is 6.61 Å². The van der Waals surface area contributed by atoms with Gasteiger partial charge in [0.2, 0.25) is 0 Å². The molecule has 1 N–H and O–H groups in total. The fourth-order valence-corrected chi connectivity index (χ4v) is 5.31. The van der Waals surface area contributed by atoms with Crippen LogP contribution in [0.5, 0.6) is 0 Å². The van der Waals surface area contributed by atoms with E-state index in [1.807, 2.05) is 0 Å². The van der Waals surface area contributed by atoms with Crippen molar-refractivity contribution in [2.45, 2.75) is 49.8 Å². The van der Waals surface area contributed by atoms with E-state index in [0.717, 1.165) is 18.5 Å². The van der Waals surface area contributed by atoms with Crippen LogP contribution in [0.3, 0.4) is 0 Å². The molecule has 9 heteroatoms. The van der Waals surface area contributed by atoms with E-state index < -0.39 is 31.3 Å². The summed E-state index contributed by atoms with van der Waals surface area (Å²) in [6, 6.07) is 5.10. The number of carbonyl (C=O) groups excluding carboxylic acids is 1. The van der Waals surface area contributed by atoms with Crippen molar-refractivity contribution in [3.05, 3.63) is 35.4 Å². The molecule has 3 rings (SSSR count). The quantitative estimate of drug-likeness (QED) is 0.405. The Balaban J connectivity index is 1.60. The van der Waals surface area contributed by atoms with Crippen molar-refractivity contribution in [3.63, 3.8) is 0 Å². The van der Waals surface area contributed by atoms with E-state index in [1.54, 1.807) is 6.92 Å². The second-order valence-electron chi connectivity index (χ2n) is 8.55. The lowest BCUT2D eigenvalue weighted by Crippen LogP contribution is -2.34. The molecule has 154 valence electrons. The second-order valence-corrected chi connectivity index (χ2v) is 15.4. The van der Waals surface area contributed by atoms with E-state index in [2.05, 4.69) is 30.0 Å². The fraction of sp³-hybridized carbons (Fsp3) is 0.579. The number of benzene rings is 1. The van der Waals surface area contributed by atoms with Gasteiger partial charge in [-0.1, -0.05) is 43.5 Å². The van der Waals surface area contributed by atoms with Gasteiger partial charge < -0.3 is 9.47 Å². The third-order valence-corrected chi connectivity index (χ3v) is 7.93. The lowest BCUT2D eigenvalue weighted by molar-refractivity contribution is 0.120. The highest BCUT2D eigenvalue weighted by Gasteiger charge is 2.56. The van der Waals surface area contributed by atoms with Crippen molar-refractivity contribution < 1.29 is 23.0 Å². The van der Waals surface area contributed by atoms with Crippen molar-refractivity contribution in [3.8, 4) is 0 Å². The Labute approximate surface area is 169 Å². The van der Waals surface area contributed by atoms with Crippen LogP contribution >= 0.6 is 11.8 Å². The topological polar surface area (TPSA) is 59.9 Å². The van der Waals surface area contributed by atoms with Crippen LogP contribution in [-0.4, -0.2) is 38.0 Å². The Morgan fingerprint density at radius 3 is 2.86 bits per heavy atom. The molecule has 1 heterocycles. The van der Waals surface area contributed by atoms with Gasteiger partial charge in [-0.05, 0) is 25.5 Å². The first-order chi connectivity index (χ1) is 13.1. The number of halogens is 2. The predicted molar refractivity (Wildman–Crippen MR) is 109 cm³/mol. The number of hydrogen-bond acceptors (Lipinski definition) is 5. The lowest BCUT2D eigenvalue weighted by Gasteiger charge is -2.30. The molecule has 1 aromatic carbocycles. The van der Waals surface area contributed by atoms with Gasteiger partial charge in [0.15, 0.2) is 11.6 Å². The van der Waals surface area contributed by atoms with E-state index >= 15 is 0 Å². The van der Waals surface area contributed by atoms with E-state index in [9.17, 15) is 13.6 Å². The molecule has 0 unspecified atom stereocenters. The van der Waals surface area contributed by atoms with Crippen LogP contribution in [0.15, 0.2) is 23.2 Å². The van der Waals surface area contributed by atoms with Gasteiger partial charge in [0.1, 0.15) is 6.73 Å². The molecule has 1 aliphatic heterocycles. The molecule has 0 aromatic heterocycles. The van der Waals surface area contributed by atoms with E-state index in [1.165, 1.54) is 23.9 Å². The largest absolute Gasteiger partial charge is 0.416 e. The first kappa shape index (κ1) is 21.3. The van der Waals surface area contributed by atoms with Crippen molar-refractivity contribution in [1.82, 2.24) is 5.32 Å². The summed E-state index contributed by atoms with van der Waals surface area (Å²) < 4.78 is 38.8. The standard InChI is InChI=1S/C19H26F2N2O3SSi/c1-19(12-6-5-7-14(20)16(12)21)13-10-15(13)27-18(23-19)26-17(24)22-11-25-8-9-28(2,3)4/h5-7,13,15H,8-11H2,1-4H3,(H,22,24)/t13-,15+,19-/m1/s1. The van der Waals surface area contributed by atoms with Crippen molar-refractivity contribution in [2.24, 2.45) is 10.9 Å². The number of rotatable bonds is 6. The van der Waals surface area contributed by atoms with Crippen LogP contribution in [0.4, 0.5) is 13.6 Å². The molecule has 1 aromatic rings. The van der Waals surface area contributed by atoms with Crippen LogP contribution in [0.25, 0.3) is 0 Å². The third-order valence-electron chi connectivity index (χ3n) is 5.02. The number of thioether (sulfide) groups is 1. The first-order valence-corrected chi connectivity index (χ1v) is 13.9. The summed E-state index contributed by atoms with van der Waals surface area (Å²) in [6.07, 6.45) is 0.148. The predicted octanol–water partition coefficient (Wildman–Crippen LogP) is 4.71. The van der Waals surface area contributed by atoms with Gasteiger partial charge >= 0.3 is 6.09 Å². The molecule has 2 aliphatic rings. The monoisotopic (exact) mass is 428 g/mol. The Morgan fingerprint density at radius 1 is 1.39 bits per heavy atom. The number of alkyl carbamates (subject to hydrolysis) is 1. The molecule has 1 amide bonds. The Hall–Kier alpha value is -1.45. The molecule has 3 atom stereocenters. The van der Waals surface area contributed by atoms with Gasteiger partial charge in [0, 0.05) is 31.4 Å². The number of nitrogens with one attached hydrogen (secondary N) is 1. The van der Waals surface area contributed by atoms with Gasteiger partial charge in [-0.25, -0.2) is 18.6 Å². The van der Waals surface area contributed by atoms with Crippen LogP contribution in [0, 0.1) is 17.6 Å². The molecular formula is C19H26F2N2O3SSi. The third kappa shape index (κ3) is 4.93. The summed E-state index contributed by atoms with van der Waals surface area (Å²) in [5.74, 6) is -1.71. The highest BCUT2D eigenvalue weighted by Crippen LogP contribution is 2.58. The van der Waals surface area contributed by atoms with Crippen molar-refractivity contribution >= 4 is 31.2 Å². The molecule has 5 nitrogen and oxygen atoms in total. The van der Waals surface area contributed by atoms with Crippen LogP contribution < -0.4 is 5.32 Å². The molecule has 0 saturated heterocycles. The maximum atomic E-state index is 14.4. The Bertz CT molecular complexity index is 787. The smallest absolute Gasteiger partial charge is 0.385 e. The number of aliphatic imine (C=N–C) groups is 1. The van der Waals surface area contributed by atoms with Crippen LogP contribution in [-0.2, 0) is 15.0 Å². The van der Waals surface area contributed by atoms with Gasteiger partial charge in [-0.3, -0.25) is 5.32 Å². The zero-order valence-corrected chi connectivity index (χ0v) is 18.4. The number of nitrogens with zero attached hydrogens (tertiary/aromatic N) is 1. The highest BCUT2D eigenvalue weighted by molar-refractivity contribution is 8.14. The number of ether oxygens (including phenoxy) is 2. The van der Waals surface area contributed by atoms with Gasteiger partial charge in [-0.15, -0.1) is 0 Å². The fourth-order valence-electron chi connectivity index (χ4n) is 3.20. The first-order valence-electron chi connectivity index (χ1n) is 9.34. The van der Waals surface area contributed by atoms with E-state index in [-0.39, 0.29) is 28.7 Å². The minimum absolute atomic E-state index is 0.0586. The summed E-state index contributed by atoms with van der Waals surface area (Å²) in [5, 5.41) is 2.89. The summed E-state index contributed by atoms with van der Waals surface area (Å²) in [7, 11) is -1.18. The average Bonchev–Trinajstić information content (AvgIpc) is 3.36. The number of fused-ring (bicyclic) bond motifs is 1. The summed E-state index contributed by atoms with van der Waals surface area (Å²) in [6.45, 7) is 9.16. The van der Waals surface area contributed by atoms with Gasteiger partial charge in [-0.2, -0.15) is 0 Å². The molecule has 1 saturated carbocycles.